The van der Waals surface area contributed by atoms with Gasteiger partial charge in [-0.1, -0.05) is 6.07 Å². The van der Waals surface area contributed by atoms with E-state index < -0.39 is 0 Å². The van der Waals surface area contributed by atoms with Gasteiger partial charge in [0.2, 0.25) is 0 Å². The van der Waals surface area contributed by atoms with Crippen molar-refractivity contribution in [3.63, 3.8) is 0 Å². The minimum Gasteiger partial charge on any atom is -0.465 e. The lowest BCUT2D eigenvalue weighted by atomic mass is 10.0. The van der Waals surface area contributed by atoms with E-state index in [2.05, 4.69) is 4.74 Å². The molecule has 2 aromatic heterocycles. The van der Waals surface area contributed by atoms with Crippen LogP contribution in [0.5, 0.6) is 0 Å². The van der Waals surface area contributed by atoms with Crippen molar-refractivity contribution in [2.45, 2.75) is 13.8 Å². The molecule has 0 spiro atoms. The second kappa shape index (κ2) is 8.00. The Bertz CT molecular complexity index is 1150. The van der Waals surface area contributed by atoms with Crippen molar-refractivity contribution in [3.8, 4) is 0 Å². The Labute approximate surface area is 161 Å². The van der Waals surface area contributed by atoms with E-state index in [1.54, 1.807) is 24.7 Å². The summed E-state index contributed by atoms with van der Waals surface area (Å²) < 4.78 is 19.8. The van der Waals surface area contributed by atoms with Crippen LogP contribution in [0.3, 0.4) is 0 Å². The van der Waals surface area contributed by atoms with Crippen molar-refractivity contribution in [3.05, 3.63) is 71.2 Å². The van der Waals surface area contributed by atoms with Gasteiger partial charge in [-0.25, -0.2) is 9.59 Å². The number of hydrogen-bond acceptors (Lipinski definition) is 6. The summed E-state index contributed by atoms with van der Waals surface area (Å²) in [6, 6.07) is 10.9. The Morgan fingerprint density at radius 3 is 2.18 bits per heavy atom. The first-order valence-corrected chi connectivity index (χ1v) is 8.57. The maximum atomic E-state index is 11.5. The SMILES string of the molecule is COC(=O)c1c(C)ccc2occc12.COC(=O)c1cc2occc2cc1C. The molecule has 0 aliphatic carbocycles. The van der Waals surface area contributed by atoms with E-state index in [1.165, 1.54) is 14.2 Å². The van der Waals surface area contributed by atoms with E-state index in [4.69, 9.17) is 13.6 Å². The summed E-state index contributed by atoms with van der Waals surface area (Å²) in [6.45, 7) is 3.75. The van der Waals surface area contributed by atoms with Crippen LogP contribution in [0, 0.1) is 13.8 Å². The van der Waals surface area contributed by atoms with Gasteiger partial charge in [0.05, 0.1) is 37.9 Å². The molecule has 2 aromatic carbocycles. The summed E-state index contributed by atoms with van der Waals surface area (Å²) in [7, 11) is 2.74. The first-order chi connectivity index (χ1) is 13.5. The van der Waals surface area contributed by atoms with Crippen LogP contribution in [-0.2, 0) is 9.47 Å². The van der Waals surface area contributed by atoms with Crippen molar-refractivity contribution in [2.75, 3.05) is 14.2 Å². The molecule has 4 aromatic rings. The summed E-state index contributed by atoms with van der Waals surface area (Å²) >= 11 is 0. The Morgan fingerprint density at radius 2 is 1.46 bits per heavy atom. The maximum absolute atomic E-state index is 11.5. The van der Waals surface area contributed by atoms with Gasteiger partial charge in [0, 0.05) is 10.8 Å². The Hall–Kier alpha value is -3.54. The second-order valence-electron chi connectivity index (χ2n) is 6.20. The number of aryl methyl sites for hydroxylation is 2. The van der Waals surface area contributed by atoms with Crippen molar-refractivity contribution in [1.29, 1.82) is 0 Å². The van der Waals surface area contributed by atoms with E-state index in [0.29, 0.717) is 22.3 Å². The van der Waals surface area contributed by atoms with Gasteiger partial charge in [0.25, 0.3) is 0 Å². The molecular formula is C22H20O6. The van der Waals surface area contributed by atoms with E-state index >= 15 is 0 Å². The lowest BCUT2D eigenvalue weighted by Gasteiger charge is -2.03. The molecule has 4 rings (SSSR count). The van der Waals surface area contributed by atoms with Crippen LogP contribution in [0.25, 0.3) is 21.9 Å². The van der Waals surface area contributed by atoms with Gasteiger partial charge in [0.1, 0.15) is 11.2 Å². The van der Waals surface area contributed by atoms with Gasteiger partial charge in [-0.2, -0.15) is 0 Å². The summed E-state index contributed by atoms with van der Waals surface area (Å²) in [6.07, 6.45) is 3.17. The molecule has 0 saturated heterocycles. The van der Waals surface area contributed by atoms with Gasteiger partial charge >= 0.3 is 11.9 Å². The van der Waals surface area contributed by atoms with Gasteiger partial charge in [0.15, 0.2) is 0 Å². The van der Waals surface area contributed by atoms with Crippen LogP contribution in [0.4, 0.5) is 0 Å². The van der Waals surface area contributed by atoms with Gasteiger partial charge in [-0.15, -0.1) is 0 Å². The number of rotatable bonds is 2. The van der Waals surface area contributed by atoms with E-state index in [0.717, 1.165) is 21.9 Å². The fourth-order valence-corrected chi connectivity index (χ4v) is 2.98. The lowest BCUT2D eigenvalue weighted by molar-refractivity contribution is 0.0592. The Balaban J connectivity index is 0.000000161. The number of ether oxygens (including phenoxy) is 2. The van der Waals surface area contributed by atoms with Crippen molar-refractivity contribution < 1.29 is 27.9 Å². The number of carbonyl (C=O) groups is 2. The zero-order chi connectivity index (χ0) is 20.3. The maximum Gasteiger partial charge on any atom is 0.338 e. The lowest BCUT2D eigenvalue weighted by Crippen LogP contribution is -2.03. The van der Waals surface area contributed by atoms with E-state index in [9.17, 15) is 9.59 Å². The molecular weight excluding hydrogens is 360 g/mol. The number of carbonyl (C=O) groups excluding carboxylic acids is 2. The third-order valence-electron chi connectivity index (χ3n) is 4.44. The topological polar surface area (TPSA) is 78.9 Å². The van der Waals surface area contributed by atoms with Gasteiger partial charge in [-0.3, -0.25) is 0 Å². The molecule has 0 saturated carbocycles. The molecule has 0 radical (unpaired) electrons. The van der Waals surface area contributed by atoms with Crippen LogP contribution >= 0.6 is 0 Å². The third-order valence-corrected chi connectivity index (χ3v) is 4.44. The molecule has 2 heterocycles. The third kappa shape index (κ3) is 3.62. The fourth-order valence-electron chi connectivity index (χ4n) is 2.98. The van der Waals surface area contributed by atoms with Crippen molar-refractivity contribution >= 4 is 33.9 Å². The molecule has 0 atom stereocenters. The molecule has 144 valence electrons. The number of furan rings is 2. The van der Waals surface area contributed by atoms with Gasteiger partial charge in [-0.05, 0) is 55.3 Å². The van der Waals surface area contributed by atoms with E-state index in [1.807, 2.05) is 38.1 Å². The summed E-state index contributed by atoms with van der Waals surface area (Å²) in [4.78, 5) is 22.8. The van der Waals surface area contributed by atoms with Crippen molar-refractivity contribution in [2.24, 2.45) is 0 Å². The van der Waals surface area contributed by atoms with Crippen LogP contribution < -0.4 is 0 Å². The molecule has 6 nitrogen and oxygen atoms in total. The molecule has 0 unspecified atom stereocenters. The van der Waals surface area contributed by atoms with Crippen LogP contribution in [0.2, 0.25) is 0 Å². The Kier molecular flexibility index (Phi) is 5.49. The van der Waals surface area contributed by atoms with Gasteiger partial charge < -0.3 is 18.3 Å². The normalized spacial score (nSPS) is 10.4. The number of esters is 2. The predicted molar refractivity (Wildman–Crippen MR) is 105 cm³/mol. The molecule has 6 heteroatoms. The summed E-state index contributed by atoms with van der Waals surface area (Å²) in [5, 5.41) is 1.80. The molecule has 0 aliphatic rings. The summed E-state index contributed by atoms with van der Waals surface area (Å²) in [5.41, 5.74) is 4.33. The zero-order valence-corrected chi connectivity index (χ0v) is 16.1. The van der Waals surface area contributed by atoms with Crippen LogP contribution in [0.1, 0.15) is 31.8 Å². The highest BCUT2D eigenvalue weighted by Crippen LogP contribution is 2.24. The van der Waals surface area contributed by atoms with Crippen LogP contribution in [-0.4, -0.2) is 26.2 Å². The van der Waals surface area contributed by atoms with Crippen molar-refractivity contribution in [1.82, 2.24) is 0 Å². The molecule has 28 heavy (non-hydrogen) atoms. The highest BCUT2D eigenvalue weighted by atomic mass is 16.5. The van der Waals surface area contributed by atoms with Crippen LogP contribution in [0.15, 0.2) is 57.8 Å². The molecule has 0 aliphatic heterocycles. The predicted octanol–water partition coefficient (Wildman–Crippen LogP) is 5.06. The number of benzene rings is 2. The molecule has 0 amide bonds. The first kappa shape index (κ1) is 19.2. The molecule has 0 fully saturated rings. The van der Waals surface area contributed by atoms with E-state index in [-0.39, 0.29) is 11.9 Å². The molecule has 0 bridgehead atoms. The second-order valence-corrected chi connectivity index (χ2v) is 6.20. The average molecular weight is 380 g/mol. The zero-order valence-electron chi connectivity index (χ0n) is 16.1. The Morgan fingerprint density at radius 1 is 0.786 bits per heavy atom. The standard InChI is InChI=1S/2C11H10O3/c1-7-5-8-3-4-14-10(8)6-9(7)11(12)13-2;1-7-3-4-9-8(5-6-14-9)10(7)11(12)13-2/h2*3-6H,1-2H3. The minimum absolute atomic E-state index is 0.325. The monoisotopic (exact) mass is 380 g/mol. The number of fused-ring (bicyclic) bond motifs is 2. The minimum atomic E-state index is -0.333. The highest BCUT2D eigenvalue weighted by molar-refractivity contribution is 6.04. The summed E-state index contributed by atoms with van der Waals surface area (Å²) in [5.74, 6) is -0.657. The first-order valence-electron chi connectivity index (χ1n) is 8.57. The highest BCUT2D eigenvalue weighted by Gasteiger charge is 2.14. The fraction of sp³-hybridized carbons (Fsp3) is 0.182. The molecule has 0 N–H and O–H groups in total. The largest absolute Gasteiger partial charge is 0.465 e. The number of hydrogen-bond donors (Lipinski definition) is 0. The average Bonchev–Trinajstić information content (AvgIpc) is 3.35. The smallest absolute Gasteiger partial charge is 0.338 e. The quantitative estimate of drug-likeness (QED) is 0.453. The number of methoxy groups -OCH3 is 2.